The maximum absolute atomic E-state index is 13.1. The monoisotopic (exact) mass is 321 g/mol. The summed E-state index contributed by atoms with van der Waals surface area (Å²) in [6.07, 6.45) is 5.47. The van der Waals surface area contributed by atoms with Crippen molar-refractivity contribution in [2.24, 2.45) is 0 Å². The lowest BCUT2D eigenvalue weighted by Gasteiger charge is -2.25. The molecule has 1 aromatic carbocycles. The number of hydrogen-bond donors (Lipinski definition) is 1. The maximum Gasteiger partial charge on any atom is 0.256 e. The molecule has 0 radical (unpaired) electrons. The highest BCUT2D eigenvalue weighted by Crippen LogP contribution is 2.35. The van der Waals surface area contributed by atoms with Crippen molar-refractivity contribution in [3.05, 3.63) is 59.9 Å². The summed E-state index contributed by atoms with van der Waals surface area (Å²) in [6, 6.07) is 11.9. The predicted molar refractivity (Wildman–Crippen MR) is 92.1 cm³/mol. The summed E-state index contributed by atoms with van der Waals surface area (Å²) in [5.74, 6) is 0.877. The van der Waals surface area contributed by atoms with Crippen LogP contribution < -0.4 is 4.74 Å². The minimum atomic E-state index is 0.0552. The summed E-state index contributed by atoms with van der Waals surface area (Å²) < 4.78 is 5.32. The van der Waals surface area contributed by atoms with Gasteiger partial charge in [-0.2, -0.15) is 0 Å². The smallest absolute Gasteiger partial charge is 0.256 e. The number of aromatic amines is 1. The molecule has 3 heterocycles. The van der Waals surface area contributed by atoms with Gasteiger partial charge in [-0.3, -0.25) is 4.79 Å². The van der Waals surface area contributed by atoms with E-state index in [1.165, 1.54) is 0 Å². The van der Waals surface area contributed by atoms with E-state index in [1.807, 2.05) is 35.2 Å². The van der Waals surface area contributed by atoms with Crippen LogP contribution in [0.25, 0.3) is 11.0 Å². The van der Waals surface area contributed by atoms with Gasteiger partial charge in [0.1, 0.15) is 11.4 Å². The number of carbonyl (C=O) groups excluding carboxylic acids is 1. The number of H-pyrrole nitrogens is 1. The molecule has 1 saturated heterocycles. The molecule has 122 valence electrons. The van der Waals surface area contributed by atoms with Gasteiger partial charge in [-0.25, -0.2) is 4.98 Å². The maximum atomic E-state index is 13.1. The normalized spacial score (nSPS) is 17.4. The summed E-state index contributed by atoms with van der Waals surface area (Å²) in [6.45, 7) is 0.771. The zero-order chi connectivity index (χ0) is 16.5. The van der Waals surface area contributed by atoms with E-state index in [-0.39, 0.29) is 11.9 Å². The first-order valence-electron chi connectivity index (χ1n) is 8.15. The van der Waals surface area contributed by atoms with E-state index in [2.05, 4.69) is 16.0 Å². The molecule has 0 saturated carbocycles. The summed E-state index contributed by atoms with van der Waals surface area (Å²) in [4.78, 5) is 22.4. The van der Waals surface area contributed by atoms with Crippen molar-refractivity contribution in [1.82, 2.24) is 14.9 Å². The van der Waals surface area contributed by atoms with Gasteiger partial charge in [0.15, 0.2) is 0 Å². The number of methoxy groups -OCH3 is 1. The van der Waals surface area contributed by atoms with Crippen LogP contribution in [0.3, 0.4) is 0 Å². The van der Waals surface area contributed by atoms with Crippen molar-refractivity contribution in [3.63, 3.8) is 0 Å². The number of pyridine rings is 1. The van der Waals surface area contributed by atoms with Gasteiger partial charge < -0.3 is 14.6 Å². The molecule has 2 aromatic heterocycles. The molecule has 0 aliphatic carbocycles. The van der Waals surface area contributed by atoms with Crippen molar-refractivity contribution < 1.29 is 9.53 Å². The zero-order valence-electron chi connectivity index (χ0n) is 13.5. The van der Waals surface area contributed by atoms with Crippen molar-refractivity contribution in [1.29, 1.82) is 0 Å². The molecular weight excluding hydrogens is 302 g/mol. The Morgan fingerprint density at radius 2 is 2.25 bits per heavy atom. The van der Waals surface area contributed by atoms with E-state index < -0.39 is 0 Å². The standard InChI is InChI=1S/C19H19N3O2/c1-24-14-6-2-5-13(11-14)17-8-4-10-22(17)19(23)16-12-21-18-15(16)7-3-9-20-18/h2-3,5-7,9,11-12,17H,4,8,10H2,1H3,(H,20,21)/t17-/m0/s1. The number of nitrogens with one attached hydrogen (secondary N) is 1. The number of benzene rings is 1. The molecule has 1 atom stereocenters. The average Bonchev–Trinajstić information content (AvgIpc) is 3.28. The number of nitrogens with zero attached hydrogens (tertiary/aromatic N) is 2. The van der Waals surface area contributed by atoms with Crippen LogP contribution in [0, 0.1) is 0 Å². The van der Waals surface area contributed by atoms with Crippen molar-refractivity contribution in [2.45, 2.75) is 18.9 Å². The SMILES string of the molecule is COc1cccc([C@@H]2CCCN2C(=O)c2c[nH]c3ncccc23)c1. The van der Waals surface area contributed by atoms with Crippen LogP contribution in [0.5, 0.6) is 5.75 Å². The number of rotatable bonds is 3. The van der Waals surface area contributed by atoms with E-state index in [1.54, 1.807) is 19.5 Å². The number of amides is 1. The summed E-state index contributed by atoms with van der Waals surface area (Å²) >= 11 is 0. The molecule has 1 N–H and O–H groups in total. The second-order valence-corrected chi connectivity index (χ2v) is 6.04. The van der Waals surface area contributed by atoms with Gasteiger partial charge in [-0.15, -0.1) is 0 Å². The second kappa shape index (κ2) is 6.00. The Balaban J connectivity index is 1.68. The van der Waals surface area contributed by atoms with E-state index in [0.717, 1.165) is 41.7 Å². The molecule has 1 fully saturated rings. The van der Waals surface area contributed by atoms with Crippen LogP contribution in [-0.2, 0) is 0 Å². The van der Waals surface area contributed by atoms with Crippen molar-refractivity contribution >= 4 is 16.9 Å². The third kappa shape index (κ3) is 2.42. The van der Waals surface area contributed by atoms with Crippen LogP contribution in [-0.4, -0.2) is 34.4 Å². The Kier molecular flexibility index (Phi) is 3.69. The fourth-order valence-corrected chi connectivity index (χ4v) is 3.49. The number of ether oxygens (including phenoxy) is 1. The van der Waals surface area contributed by atoms with Gasteiger partial charge in [0.25, 0.3) is 5.91 Å². The fourth-order valence-electron chi connectivity index (χ4n) is 3.49. The molecule has 0 unspecified atom stereocenters. The van der Waals surface area contributed by atoms with E-state index in [0.29, 0.717) is 5.56 Å². The van der Waals surface area contributed by atoms with Gasteiger partial charge in [0, 0.05) is 24.3 Å². The molecule has 0 bridgehead atoms. The van der Waals surface area contributed by atoms with Crippen molar-refractivity contribution in [2.75, 3.05) is 13.7 Å². The van der Waals surface area contributed by atoms with Crippen LogP contribution in [0.15, 0.2) is 48.8 Å². The molecule has 5 nitrogen and oxygen atoms in total. The van der Waals surface area contributed by atoms with Gasteiger partial charge in [-0.05, 0) is 42.7 Å². The summed E-state index contributed by atoms with van der Waals surface area (Å²) in [5, 5.41) is 0.874. The molecule has 1 aliphatic rings. The van der Waals surface area contributed by atoms with E-state index in [9.17, 15) is 4.79 Å². The number of likely N-dealkylation sites (tertiary alicyclic amines) is 1. The van der Waals surface area contributed by atoms with Crippen molar-refractivity contribution in [3.8, 4) is 5.75 Å². The minimum Gasteiger partial charge on any atom is -0.497 e. The quantitative estimate of drug-likeness (QED) is 0.802. The zero-order valence-corrected chi connectivity index (χ0v) is 13.5. The van der Waals surface area contributed by atoms with Crippen LogP contribution in [0.4, 0.5) is 0 Å². The lowest BCUT2D eigenvalue weighted by Crippen LogP contribution is -2.30. The molecular formula is C19H19N3O2. The first kappa shape index (κ1) is 14.8. The average molecular weight is 321 g/mol. The Morgan fingerprint density at radius 1 is 1.33 bits per heavy atom. The number of carbonyl (C=O) groups is 1. The molecule has 1 aliphatic heterocycles. The number of aromatic nitrogens is 2. The summed E-state index contributed by atoms with van der Waals surface area (Å²) in [5.41, 5.74) is 2.56. The highest BCUT2D eigenvalue weighted by molar-refractivity contribution is 6.06. The second-order valence-electron chi connectivity index (χ2n) is 6.04. The third-order valence-electron chi connectivity index (χ3n) is 4.67. The van der Waals surface area contributed by atoms with Gasteiger partial charge in [0.2, 0.25) is 0 Å². The predicted octanol–water partition coefficient (Wildman–Crippen LogP) is 3.55. The Labute approximate surface area is 140 Å². The highest BCUT2D eigenvalue weighted by Gasteiger charge is 2.31. The lowest BCUT2D eigenvalue weighted by atomic mass is 10.0. The molecule has 3 aromatic rings. The molecule has 24 heavy (non-hydrogen) atoms. The molecule has 0 spiro atoms. The largest absolute Gasteiger partial charge is 0.497 e. The Morgan fingerprint density at radius 3 is 3.12 bits per heavy atom. The topological polar surface area (TPSA) is 58.2 Å². The minimum absolute atomic E-state index is 0.0552. The molecule has 5 heteroatoms. The van der Waals surface area contributed by atoms with Crippen LogP contribution >= 0.6 is 0 Å². The van der Waals surface area contributed by atoms with Gasteiger partial charge in [0.05, 0.1) is 18.7 Å². The van der Waals surface area contributed by atoms with Crippen LogP contribution in [0.2, 0.25) is 0 Å². The highest BCUT2D eigenvalue weighted by atomic mass is 16.5. The van der Waals surface area contributed by atoms with Gasteiger partial charge >= 0.3 is 0 Å². The van der Waals surface area contributed by atoms with E-state index in [4.69, 9.17) is 4.74 Å². The van der Waals surface area contributed by atoms with E-state index >= 15 is 0 Å². The molecule has 1 amide bonds. The lowest BCUT2D eigenvalue weighted by molar-refractivity contribution is 0.0737. The first-order valence-corrected chi connectivity index (χ1v) is 8.15. The number of hydrogen-bond acceptors (Lipinski definition) is 3. The molecule has 4 rings (SSSR count). The summed E-state index contributed by atoms with van der Waals surface area (Å²) in [7, 11) is 1.66. The van der Waals surface area contributed by atoms with Crippen LogP contribution in [0.1, 0.15) is 34.8 Å². The number of fused-ring (bicyclic) bond motifs is 1. The Bertz CT molecular complexity index is 887. The Hall–Kier alpha value is -2.82. The third-order valence-corrected chi connectivity index (χ3v) is 4.67. The fraction of sp³-hybridized carbons (Fsp3) is 0.263. The van der Waals surface area contributed by atoms with Gasteiger partial charge in [-0.1, -0.05) is 12.1 Å². The first-order chi connectivity index (χ1) is 11.8.